The number of hydrogen-bond acceptors (Lipinski definition) is 4. The number of aliphatic carboxylic acids is 1. The van der Waals surface area contributed by atoms with E-state index in [0.717, 1.165) is 38.8 Å². The normalized spacial score (nSPS) is 30.0. The summed E-state index contributed by atoms with van der Waals surface area (Å²) in [5.74, 6) is -3.75. The van der Waals surface area contributed by atoms with Crippen LogP contribution in [0.5, 0.6) is 0 Å². The van der Waals surface area contributed by atoms with Gasteiger partial charge in [0.15, 0.2) is 5.78 Å². The van der Waals surface area contributed by atoms with Crippen LogP contribution in [0.1, 0.15) is 32.6 Å². The molecule has 0 aromatic heterocycles. The van der Waals surface area contributed by atoms with Crippen molar-refractivity contribution in [1.29, 1.82) is 0 Å². The largest absolute Gasteiger partial charge is 0.490 e. The fraction of sp³-hybridized carbons (Fsp3) is 0.812. The lowest BCUT2D eigenvalue weighted by Crippen LogP contribution is -2.63. The van der Waals surface area contributed by atoms with E-state index in [1.54, 1.807) is 0 Å². The van der Waals surface area contributed by atoms with Gasteiger partial charge in [-0.3, -0.25) is 14.5 Å². The van der Waals surface area contributed by atoms with Gasteiger partial charge in [-0.1, -0.05) is 6.92 Å². The number of alkyl halides is 5. The summed E-state index contributed by atoms with van der Waals surface area (Å²) in [6.07, 6.45) is -4.83. The topological polar surface area (TPSA) is 77.9 Å². The van der Waals surface area contributed by atoms with Crippen LogP contribution < -0.4 is 0 Å². The summed E-state index contributed by atoms with van der Waals surface area (Å²) >= 11 is 0. The number of carbonyl (C=O) groups excluding carboxylic acids is 2. The molecule has 11 heteroatoms. The van der Waals surface area contributed by atoms with Crippen LogP contribution in [-0.4, -0.2) is 76.9 Å². The standard InChI is InChI=1S/C14H20F2N2O2.C2HF3O2/c1-14-4-6-17(7-5-14)10(11(14)19)8-18(9-2-3-9)13(20)12(15)16;3-2(4,5)1(6)7/h9-10,12H,2-8H2,1H3;(H,6,7). The van der Waals surface area contributed by atoms with Crippen molar-refractivity contribution in [2.24, 2.45) is 5.41 Å². The molecule has 1 unspecified atom stereocenters. The predicted molar refractivity (Wildman–Crippen MR) is 82.1 cm³/mol. The van der Waals surface area contributed by atoms with E-state index in [9.17, 15) is 31.5 Å². The third kappa shape index (κ3) is 4.94. The maximum atomic E-state index is 12.7. The number of halogens is 5. The van der Waals surface area contributed by atoms with Crippen molar-refractivity contribution >= 4 is 17.7 Å². The van der Waals surface area contributed by atoms with Gasteiger partial charge in [0.25, 0.3) is 5.91 Å². The number of fused-ring (bicyclic) bond motifs is 3. The quantitative estimate of drug-likeness (QED) is 0.730. The molecular weight excluding hydrogens is 379 g/mol. The van der Waals surface area contributed by atoms with Crippen molar-refractivity contribution in [3.8, 4) is 0 Å². The molecule has 1 saturated carbocycles. The average Bonchev–Trinajstić information content (AvgIpc) is 3.39. The van der Waals surface area contributed by atoms with E-state index < -0.39 is 24.5 Å². The molecule has 1 N–H and O–H groups in total. The Balaban J connectivity index is 0.000000321. The highest BCUT2D eigenvalue weighted by Crippen LogP contribution is 2.41. The summed E-state index contributed by atoms with van der Waals surface area (Å²) < 4.78 is 57.1. The fourth-order valence-corrected chi connectivity index (χ4v) is 3.46. The minimum Gasteiger partial charge on any atom is -0.475 e. The zero-order valence-corrected chi connectivity index (χ0v) is 14.6. The number of Topliss-reactive ketones (excluding diaryl/α,β-unsaturated/α-hetero) is 1. The number of carboxylic acid groups (broad SMARTS) is 1. The Morgan fingerprint density at radius 1 is 1.26 bits per heavy atom. The Hall–Kier alpha value is -1.78. The second-order valence-electron chi connectivity index (χ2n) is 7.30. The Bertz CT molecular complexity index is 598. The summed E-state index contributed by atoms with van der Waals surface area (Å²) in [5.41, 5.74) is -0.317. The van der Waals surface area contributed by atoms with Crippen molar-refractivity contribution in [3.05, 3.63) is 0 Å². The first-order valence-electron chi connectivity index (χ1n) is 8.54. The molecule has 4 rings (SSSR count). The average molecular weight is 400 g/mol. The van der Waals surface area contributed by atoms with E-state index >= 15 is 0 Å². The SMILES string of the molecule is CC12CCN(CC1)C(CN(C(=O)C(F)F)C1CC1)C2=O.O=C(O)C(F)(F)F. The molecule has 3 aliphatic heterocycles. The number of rotatable bonds is 4. The number of carboxylic acids is 1. The number of hydrogen-bond donors (Lipinski definition) is 1. The summed E-state index contributed by atoms with van der Waals surface area (Å²) in [7, 11) is 0. The van der Waals surface area contributed by atoms with E-state index in [-0.39, 0.29) is 29.8 Å². The van der Waals surface area contributed by atoms with Crippen molar-refractivity contribution in [2.45, 2.75) is 57.3 Å². The molecule has 27 heavy (non-hydrogen) atoms. The van der Waals surface area contributed by atoms with Crippen LogP contribution in [0.4, 0.5) is 22.0 Å². The number of ketones is 1. The third-order valence-corrected chi connectivity index (χ3v) is 5.31. The lowest BCUT2D eigenvalue weighted by Gasteiger charge is -2.50. The lowest BCUT2D eigenvalue weighted by atomic mass is 9.69. The Morgan fingerprint density at radius 2 is 1.74 bits per heavy atom. The Kier molecular flexibility index (Phi) is 6.13. The molecule has 1 amide bonds. The molecule has 1 aliphatic carbocycles. The second-order valence-corrected chi connectivity index (χ2v) is 7.30. The highest BCUT2D eigenvalue weighted by atomic mass is 19.4. The van der Waals surface area contributed by atoms with E-state index in [4.69, 9.17) is 9.90 Å². The summed E-state index contributed by atoms with van der Waals surface area (Å²) in [6, 6.07) is -0.468. The van der Waals surface area contributed by atoms with E-state index in [0.29, 0.717) is 0 Å². The van der Waals surface area contributed by atoms with Gasteiger partial charge in [-0.25, -0.2) is 4.79 Å². The highest BCUT2D eigenvalue weighted by Gasteiger charge is 2.50. The molecule has 154 valence electrons. The molecule has 3 saturated heterocycles. The van der Waals surface area contributed by atoms with Gasteiger partial charge >= 0.3 is 18.6 Å². The molecule has 2 bridgehead atoms. The summed E-state index contributed by atoms with van der Waals surface area (Å²) in [5, 5.41) is 7.12. The number of nitrogens with zero attached hydrogens (tertiary/aromatic N) is 2. The van der Waals surface area contributed by atoms with E-state index in [2.05, 4.69) is 4.90 Å². The minimum atomic E-state index is -5.08. The van der Waals surface area contributed by atoms with Crippen LogP contribution >= 0.6 is 0 Å². The zero-order chi connectivity index (χ0) is 20.6. The second kappa shape index (κ2) is 7.69. The van der Waals surface area contributed by atoms with Crippen LogP contribution in [0.2, 0.25) is 0 Å². The summed E-state index contributed by atoms with van der Waals surface area (Å²) in [4.78, 5) is 36.3. The maximum Gasteiger partial charge on any atom is 0.490 e. The van der Waals surface area contributed by atoms with Crippen LogP contribution in [0.3, 0.4) is 0 Å². The van der Waals surface area contributed by atoms with E-state index in [1.807, 2.05) is 6.92 Å². The number of amides is 1. The van der Waals surface area contributed by atoms with Crippen molar-refractivity contribution < 1.29 is 41.4 Å². The molecule has 0 aromatic rings. The van der Waals surface area contributed by atoms with Crippen LogP contribution in [0, 0.1) is 5.41 Å². The molecule has 6 nitrogen and oxygen atoms in total. The fourth-order valence-electron chi connectivity index (χ4n) is 3.46. The van der Waals surface area contributed by atoms with Crippen molar-refractivity contribution in [1.82, 2.24) is 9.80 Å². The first kappa shape index (κ1) is 21.5. The highest BCUT2D eigenvalue weighted by molar-refractivity contribution is 5.92. The Morgan fingerprint density at radius 3 is 2.11 bits per heavy atom. The van der Waals surface area contributed by atoms with Gasteiger partial charge in [0.05, 0.1) is 6.04 Å². The van der Waals surface area contributed by atoms with Crippen molar-refractivity contribution in [2.75, 3.05) is 19.6 Å². The van der Waals surface area contributed by atoms with Gasteiger partial charge in [-0.2, -0.15) is 22.0 Å². The monoisotopic (exact) mass is 400 g/mol. The molecule has 4 fully saturated rings. The van der Waals surface area contributed by atoms with Gasteiger partial charge in [0.2, 0.25) is 0 Å². The van der Waals surface area contributed by atoms with Crippen molar-refractivity contribution in [3.63, 3.8) is 0 Å². The maximum absolute atomic E-state index is 12.7. The van der Waals surface area contributed by atoms with Gasteiger partial charge < -0.3 is 10.0 Å². The van der Waals surface area contributed by atoms with Crippen LogP contribution in [0.25, 0.3) is 0 Å². The zero-order valence-electron chi connectivity index (χ0n) is 14.6. The molecule has 4 aliphatic rings. The van der Waals surface area contributed by atoms with Crippen LogP contribution in [-0.2, 0) is 14.4 Å². The third-order valence-electron chi connectivity index (χ3n) is 5.31. The molecule has 1 atom stereocenters. The first-order valence-corrected chi connectivity index (χ1v) is 8.54. The molecular formula is C16H21F5N2O4. The van der Waals surface area contributed by atoms with Gasteiger partial charge in [0, 0.05) is 18.0 Å². The molecule has 0 spiro atoms. The smallest absolute Gasteiger partial charge is 0.475 e. The summed E-state index contributed by atoms with van der Waals surface area (Å²) in [6.45, 7) is 3.76. The van der Waals surface area contributed by atoms with Crippen LogP contribution in [0.15, 0.2) is 0 Å². The van der Waals surface area contributed by atoms with Gasteiger partial charge in [-0.15, -0.1) is 0 Å². The minimum absolute atomic E-state index is 0.0845. The van der Waals surface area contributed by atoms with E-state index in [1.165, 1.54) is 4.90 Å². The molecule has 3 heterocycles. The molecule has 0 aromatic carbocycles. The van der Waals surface area contributed by atoms with Gasteiger partial charge in [0.1, 0.15) is 0 Å². The van der Waals surface area contributed by atoms with Gasteiger partial charge in [-0.05, 0) is 38.8 Å². The lowest BCUT2D eigenvalue weighted by molar-refractivity contribution is -0.192. The number of piperidine rings is 3. The Labute approximate surface area is 152 Å². The molecule has 0 radical (unpaired) electrons. The predicted octanol–water partition coefficient (Wildman–Crippen LogP) is 1.93. The first-order chi connectivity index (χ1) is 12.4. The number of carbonyl (C=O) groups is 3.